The molecule has 1 saturated heterocycles. The number of hydrogen-bond donors (Lipinski definition) is 2. The van der Waals surface area contributed by atoms with Crippen LogP contribution in [0.3, 0.4) is 0 Å². The Morgan fingerprint density at radius 2 is 2.09 bits per heavy atom. The van der Waals surface area contributed by atoms with Gasteiger partial charge < -0.3 is 10.1 Å². The van der Waals surface area contributed by atoms with Crippen LogP contribution < -0.4 is 10.7 Å². The summed E-state index contributed by atoms with van der Waals surface area (Å²) in [6, 6.07) is 3.24. The predicted octanol–water partition coefficient (Wildman–Crippen LogP) is 1.49. The lowest BCUT2D eigenvalue weighted by Crippen LogP contribution is -2.42. The van der Waals surface area contributed by atoms with Crippen molar-refractivity contribution in [3.05, 3.63) is 35.4 Å². The molecule has 1 aromatic carbocycles. The van der Waals surface area contributed by atoms with Crippen LogP contribution in [0, 0.1) is 11.6 Å². The van der Waals surface area contributed by atoms with E-state index in [1.54, 1.807) is 6.92 Å². The first-order valence-electron chi connectivity index (χ1n) is 7.40. The summed E-state index contributed by atoms with van der Waals surface area (Å²) in [5, 5.41) is 7.35. The van der Waals surface area contributed by atoms with E-state index in [1.807, 2.05) is 0 Å². The van der Waals surface area contributed by atoms with Gasteiger partial charge in [0.25, 0.3) is 0 Å². The third-order valence-corrected chi connectivity index (χ3v) is 3.70. The van der Waals surface area contributed by atoms with Crippen molar-refractivity contribution in [1.82, 2.24) is 15.6 Å². The number of hydrazone groups is 1. The number of nitrogens with zero attached hydrogens (tertiary/aromatic N) is 2. The van der Waals surface area contributed by atoms with Crippen LogP contribution in [-0.4, -0.2) is 55.1 Å². The fourth-order valence-electron chi connectivity index (χ4n) is 2.16. The first-order chi connectivity index (χ1) is 11.1. The van der Waals surface area contributed by atoms with E-state index in [0.717, 1.165) is 51.0 Å². The normalized spacial score (nSPS) is 16.2. The smallest absolute Gasteiger partial charge is 0.187 e. The summed E-state index contributed by atoms with van der Waals surface area (Å²) in [5.74, 6) is -1.04. The highest BCUT2D eigenvalue weighted by atomic mass is 32.1. The van der Waals surface area contributed by atoms with Crippen LogP contribution in [0.25, 0.3) is 0 Å². The van der Waals surface area contributed by atoms with Gasteiger partial charge in [-0.1, -0.05) is 0 Å². The lowest BCUT2D eigenvalue weighted by Gasteiger charge is -2.26. The minimum absolute atomic E-state index is 0.105. The third-order valence-electron chi connectivity index (χ3n) is 3.46. The molecule has 8 heteroatoms. The van der Waals surface area contributed by atoms with Crippen molar-refractivity contribution in [3.8, 4) is 0 Å². The molecule has 0 atom stereocenters. The molecule has 0 aromatic heterocycles. The van der Waals surface area contributed by atoms with Gasteiger partial charge in [0, 0.05) is 31.7 Å². The van der Waals surface area contributed by atoms with Crippen LogP contribution >= 0.6 is 12.2 Å². The van der Waals surface area contributed by atoms with Crippen LogP contribution in [0.1, 0.15) is 12.5 Å². The van der Waals surface area contributed by atoms with Crippen molar-refractivity contribution in [2.45, 2.75) is 6.92 Å². The van der Waals surface area contributed by atoms with Gasteiger partial charge in [0.1, 0.15) is 11.6 Å². The Hall–Kier alpha value is -1.64. The van der Waals surface area contributed by atoms with Crippen molar-refractivity contribution < 1.29 is 13.5 Å². The molecule has 23 heavy (non-hydrogen) atoms. The van der Waals surface area contributed by atoms with E-state index in [0.29, 0.717) is 17.4 Å². The highest BCUT2D eigenvalue weighted by molar-refractivity contribution is 7.80. The van der Waals surface area contributed by atoms with Gasteiger partial charge in [-0.25, -0.2) is 8.78 Å². The average Bonchev–Trinajstić information content (AvgIpc) is 2.56. The van der Waals surface area contributed by atoms with Gasteiger partial charge in [0.15, 0.2) is 5.11 Å². The second kappa shape index (κ2) is 8.85. The Morgan fingerprint density at radius 3 is 2.83 bits per heavy atom. The van der Waals surface area contributed by atoms with Gasteiger partial charge in [-0.3, -0.25) is 10.3 Å². The zero-order valence-corrected chi connectivity index (χ0v) is 13.8. The van der Waals surface area contributed by atoms with Crippen LogP contribution in [0.5, 0.6) is 0 Å². The van der Waals surface area contributed by atoms with Crippen molar-refractivity contribution >= 4 is 23.0 Å². The van der Waals surface area contributed by atoms with Gasteiger partial charge in [0.05, 0.1) is 18.9 Å². The Morgan fingerprint density at radius 1 is 1.35 bits per heavy atom. The maximum absolute atomic E-state index is 13.6. The van der Waals surface area contributed by atoms with E-state index < -0.39 is 11.6 Å². The zero-order chi connectivity index (χ0) is 16.7. The third kappa shape index (κ3) is 5.81. The van der Waals surface area contributed by atoms with Crippen molar-refractivity contribution in [1.29, 1.82) is 0 Å². The Kier molecular flexibility index (Phi) is 6.82. The van der Waals surface area contributed by atoms with E-state index in [2.05, 4.69) is 20.7 Å². The Bertz CT molecular complexity index is 577. The van der Waals surface area contributed by atoms with Crippen LogP contribution in [-0.2, 0) is 4.74 Å². The zero-order valence-electron chi connectivity index (χ0n) is 12.9. The first kappa shape index (κ1) is 17.7. The number of hydrogen-bond acceptors (Lipinski definition) is 4. The molecule has 1 aliphatic rings. The van der Waals surface area contributed by atoms with E-state index in [9.17, 15) is 8.78 Å². The molecule has 2 N–H and O–H groups in total. The second-order valence-electron chi connectivity index (χ2n) is 5.14. The highest BCUT2D eigenvalue weighted by Crippen LogP contribution is 2.10. The Balaban J connectivity index is 1.77. The molecule has 1 aromatic rings. The molecular formula is C15H20F2N4OS. The van der Waals surface area contributed by atoms with Gasteiger partial charge in [0.2, 0.25) is 0 Å². The molecule has 1 heterocycles. The Labute approximate surface area is 139 Å². The second-order valence-corrected chi connectivity index (χ2v) is 5.55. The highest BCUT2D eigenvalue weighted by Gasteiger charge is 2.10. The van der Waals surface area contributed by atoms with Gasteiger partial charge in [-0.05, 0) is 37.3 Å². The van der Waals surface area contributed by atoms with Crippen LogP contribution in [0.4, 0.5) is 8.78 Å². The number of nitrogens with one attached hydrogen (secondary N) is 2. The van der Waals surface area contributed by atoms with Crippen molar-refractivity contribution in [2.75, 3.05) is 39.4 Å². The molecule has 0 unspecified atom stereocenters. The van der Waals surface area contributed by atoms with Crippen LogP contribution in [0.2, 0.25) is 0 Å². The average molecular weight is 342 g/mol. The van der Waals surface area contributed by atoms with E-state index in [4.69, 9.17) is 17.0 Å². The van der Waals surface area contributed by atoms with Crippen molar-refractivity contribution in [3.63, 3.8) is 0 Å². The first-order valence-corrected chi connectivity index (χ1v) is 7.81. The van der Waals surface area contributed by atoms with E-state index >= 15 is 0 Å². The summed E-state index contributed by atoms with van der Waals surface area (Å²) >= 11 is 5.11. The monoisotopic (exact) mass is 342 g/mol. The molecule has 0 radical (unpaired) electrons. The van der Waals surface area contributed by atoms with Gasteiger partial charge in [-0.2, -0.15) is 5.10 Å². The summed E-state index contributed by atoms with van der Waals surface area (Å²) in [6.07, 6.45) is 0. The number of halogens is 2. The predicted molar refractivity (Wildman–Crippen MR) is 89.6 cm³/mol. The lowest BCUT2D eigenvalue weighted by atomic mass is 10.1. The molecule has 0 saturated carbocycles. The molecule has 5 nitrogen and oxygen atoms in total. The van der Waals surface area contributed by atoms with E-state index in [1.165, 1.54) is 0 Å². The van der Waals surface area contributed by atoms with Gasteiger partial charge >= 0.3 is 0 Å². The summed E-state index contributed by atoms with van der Waals surface area (Å²) < 4.78 is 32.0. The summed E-state index contributed by atoms with van der Waals surface area (Å²) in [7, 11) is 0. The minimum atomic E-state index is -0.527. The summed E-state index contributed by atoms with van der Waals surface area (Å²) in [4.78, 5) is 2.27. The molecule has 0 bridgehead atoms. The number of rotatable bonds is 5. The molecule has 1 aliphatic heterocycles. The van der Waals surface area contributed by atoms with Gasteiger partial charge in [-0.15, -0.1) is 0 Å². The lowest BCUT2D eigenvalue weighted by molar-refractivity contribution is 0.0389. The molecule has 126 valence electrons. The summed E-state index contributed by atoms with van der Waals surface area (Å²) in [5.41, 5.74) is 3.07. The SMILES string of the molecule is C/C(=N/NC(=S)NCCN1CCOCC1)c1cc(F)ccc1F. The number of ether oxygens (including phenoxy) is 1. The van der Waals surface area contributed by atoms with Crippen molar-refractivity contribution in [2.24, 2.45) is 5.10 Å². The minimum Gasteiger partial charge on any atom is -0.379 e. The summed E-state index contributed by atoms with van der Waals surface area (Å²) in [6.45, 7) is 6.45. The number of thiocarbonyl (C=S) groups is 1. The largest absolute Gasteiger partial charge is 0.379 e. The molecule has 1 fully saturated rings. The molecule has 0 aliphatic carbocycles. The number of morpholine rings is 1. The molecular weight excluding hydrogens is 322 g/mol. The number of benzene rings is 1. The topological polar surface area (TPSA) is 48.9 Å². The molecule has 0 spiro atoms. The fourth-order valence-corrected chi connectivity index (χ4v) is 2.31. The maximum atomic E-state index is 13.6. The quantitative estimate of drug-likeness (QED) is 0.482. The molecule has 2 rings (SSSR count). The standard InChI is InChI=1S/C15H20F2N4OS/c1-11(13-10-12(16)2-3-14(13)17)19-20-15(23)18-4-5-21-6-8-22-9-7-21/h2-3,10H,4-9H2,1H3,(H2,18,20,23)/b19-11-. The van der Waals surface area contributed by atoms with Crippen LogP contribution in [0.15, 0.2) is 23.3 Å². The maximum Gasteiger partial charge on any atom is 0.187 e. The fraction of sp³-hybridized carbons (Fsp3) is 0.467. The van der Waals surface area contributed by atoms with E-state index in [-0.39, 0.29) is 5.56 Å². The molecule has 0 amide bonds.